The van der Waals surface area contributed by atoms with Crippen LogP contribution in [0.1, 0.15) is 20.8 Å². The van der Waals surface area contributed by atoms with Gasteiger partial charge in [-0.1, -0.05) is 6.07 Å². The number of carbonyl (C=O) groups excluding carboxylic acids is 1. The summed E-state index contributed by atoms with van der Waals surface area (Å²) in [6, 6.07) is 18.2. The second-order valence-electron chi connectivity index (χ2n) is 8.90. The van der Waals surface area contributed by atoms with Crippen molar-refractivity contribution in [3.63, 3.8) is 0 Å². The molecule has 0 saturated heterocycles. The molecule has 202 valence electrons. The van der Waals surface area contributed by atoms with Crippen LogP contribution in [-0.4, -0.2) is 35.6 Å². The van der Waals surface area contributed by atoms with E-state index in [0.29, 0.717) is 26.2 Å². The molecule has 0 aliphatic carbocycles. The summed E-state index contributed by atoms with van der Waals surface area (Å²) >= 11 is 6.64. The van der Waals surface area contributed by atoms with Gasteiger partial charge in [-0.05, 0) is 86.7 Å². The van der Waals surface area contributed by atoms with Crippen LogP contribution in [-0.2, 0) is 14.8 Å². The second kappa shape index (κ2) is 11.8. The Balaban J connectivity index is 1.65. The fourth-order valence-electron chi connectivity index (χ4n) is 3.63. The number of thiocarbonyl (C=S) groups is 1. The summed E-state index contributed by atoms with van der Waals surface area (Å²) < 4.78 is 29.5. The molecule has 0 fully saturated rings. The molecule has 5 N–H and O–H groups in total. The highest BCUT2D eigenvalue weighted by Gasteiger charge is 2.22. The summed E-state index contributed by atoms with van der Waals surface area (Å²) in [5.74, 6) is -0.307. The number of hydrogen-bond acceptors (Lipinski definition) is 7. The Morgan fingerprint density at radius 3 is 2.23 bits per heavy atom. The molecular weight excluding hydrogens is 555 g/mol. The minimum absolute atomic E-state index is 0.0160. The van der Waals surface area contributed by atoms with Gasteiger partial charge in [0.2, 0.25) is 5.91 Å². The van der Waals surface area contributed by atoms with Crippen LogP contribution < -0.4 is 20.7 Å². The number of phenolic OH excluding ortho intramolecular Hbond substituents is 1. The van der Waals surface area contributed by atoms with E-state index in [9.17, 15) is 18.3 Å². The Bertz CT molecular complexity index is 1600. The van der Waals surface area contributed by atoms with E-state index in [0.717, 1.165) is 11.3 Å². The zero-order valence-corrected chi connectivity index (χ0v) is 23.8. The number of anilines is 3. The number of aromatic hydroxyl groups is 1. The monoisotopic (exact) mass is 581 g/mol. The van der Waals surface area contributed by atoms with Crippen LogP contribution in [0.5, 0.6) is 5.75 Å². The lowest BCUT2D eigenvalue weighted by Gasteiger charge is -2.14. The first-order valence-electron chi connectivity index (χ1n) is 11.9. The van der Waals surface area contributed by atoms with Crippen LogP contribution in [0.25, 0.3) is 21.0 Å². The lowest BCUT2D eigenvalue weighted by molar-refractivity contribution is -0.114. The van der Waals surface area contributed by atoms with Gasteiger partial charge in [0.05, 0.1) is 9.77 Å². The van der Waals surface area contributed by atoms with E-state index in [1.807, 2.05) is 38.1 Å². The second-order valence-corrected chi connectivity index (χ2v) is 12.0. The third-order valence-corrected chi connectivity index (χ3v) is 8.01. The van der Waals surface area contributed by atoms with Crippen LogP contribution in [0.4, 0.5) is 17.1 Å². The molecule has 39 heavy (non-hydrogen) atoms. The van der Waals surface area contributed by atoms with E-state index < -0.39 is 10.0 Å². The SMILES string of the molecule is CC(=O)Nc1ccc(-c2cnc(-c3ccc(NC(=S)NC(C)C)cc3)s2)c(S(=O)(=O)Nc2ccc(O)cc2)c1. The van der Waals surface area contributed by atoms with E-state index in [-0.39, 0.29) is 28.3 Å². The minimum atomic E-state index is -4.08. The van der Waals surface area contributed by atoms with Crippen molar-refractivity contribution in [2.24, 2.45) is 0 Å². The van der Waals surface area contributed by atoms with Gasteiger partial charge in [0.25, 0.3) is 10.0 Å². The number of carbonyl (C=O) groups is 1. The van der Waals surface area contributed by atoms with E-state index in [1.165, 1.54) is 48.6 Å². The molecule has 4 rings (SSSR count). The summed E-state index contributed by atoms with van der Waals surface area (Å²) in [5, 5.41) is 19.7. The van der Waals surface area contributed by atoms with Crippen molar-refractivity contribution in [1.29, 1.82) is 0 Å². The van der Waals surface area contributed by atoms with Gasteiger partial charge in [0, 0.05) is 47.4 Å². The molecule has 1 amide bonds. The van der Waals surface area contributed by atoms with Crippen molar-refractivity contribution in [2.75, 3.05) is 15.4 Å². The van der Waals surface area contributed by atoms with Crippen LogP contribution >= 0.6 is 23.6 Å². The Morgan fingerprint density at radius 2 is 1.59 bits per heavy atom. The number of sulfonamides is 1. The fourth-order valence-corrected chi connectivity index (χ4v) is 6.31. The Hall–Kier alpha value is -4.00. The molecule has 3 aromatic carbocycles. The van der Waals surface area contributed by atoms with E-state index in [1.54, 1.807) is 18.3 Å². The number of amides is 1. The predicted molar refractivity (Wildman–Crippen MR) is 161 cm³/mol. The van der Waals surface area contributed by atoms with Crippen molar-refractivity contribution in [3.05, 3.63) is 72.9 Å². The van der Waals surface area contributed by atoms with E-state index in [4.69, 9.17) is 12.2 Å². The van der Waals surface area contributed by atoms with Crippen LogP contribution in [0.3, 0.4) is 0 Å². The summed E-state index contributed by atoms with van der Waals surface area (Å²) in [6.07, 6.45) is 1.63. The Kier molecular flexibility index (Phi) is 8.48. The molecule has 0 aliphatic rings. The van der Waals surface area contributed by atoms with Crippen LogP contribution in [0, 0.1) is 0 Å². The Morgan fingerprint density at radius 1 is 0.949 bits per heavy atom. The number of thiazole rings is 1. The maximum atomic E-state index is 13.5. The maximum Gasteiger partial charge on any atom is 0.262 e. The number of phenols is 1. The smallest absolute Gasteiger partial charge is 0.262 e. The van der Waals surface area contributed by atoms with E-state index in [2.05, 4.69) is 25.7 Å². The van der Waals surface area contributed by atoms with Gasteiger partial charge in [-0.15, -0.1) is 11.3 Å². The summed E-state index contributed by atoms with van der Waals surface area (Å²) in [5.41, 5.74) is 2.75. The maximum absolute atomic E-state index is 13.5. The summed E-state index contributed by atoms with van der Waals surface area (Å²) in [6.45, 7) is 5.36. The first kappa shape index (κ1) is 28.0. The van der Waals surface area contributed by atoms with Gasteiger partial charge in [0.15, 0.2) is 5.11 Å². The third kappa shape index (κ3) is 7.31. The molecule has 0 saturated carbocycles. The quantitative estimate of drug-likeness (QED) is 0.133. The van der Waals surface area contributed by atoms with Gasteiger partial charge < -0.3 is 21.1 Å². The molecule has 9 nitrogen and oxygen atoms in total. The topological polar surface area (TPSA) is 132 Å². The molecule has 1 heterocycles. The van der Waals surface area contributed by atoms with Gasteiger partial charge in [-0.3, -0.25) is 9.52 Å². The molecule has 0 unspecified atom stereocenters. The third-order valence-electron chi connectivity index (χ3n) is 5.29. The molecule has 0 radical (unpaired) electrons. The van der Waals surface area contributed by atoms with Crippen molar-refractivity contribution < 1.29 is 18.3 Å². The lowest BCUT2D eigenvalue weighted by atomic mass is 10.2. The van der Waals surface area contributed by atoms with Crippen molar-refractivity contribution in [2.45, 2.75) is 31.7 Å². The number of nitrogens with one attached hydrogen (secondary N) is 4. The zero-order chi connectivity index (χ0) is 28.2. The van der Waals surface area contributed by atoms with Crippen LogP contribution in [0.2, 0.25) is 0 Å². The number of hydrogen-bond donors (Lipinski definition) is 5. The zero-order valence-electron chi connectivity index (χ0n) is 21.3. The first-order chi connectivity index (χ1) is 18.5. The van der Waals surface area contributed by atoms with Crippen molar-refractivity contribution in [1.82, 2.24) is 10.3 Å². The van der Waals surface area contributed by atoms with Gasteiger partial charge >= 0.3 is 0 Å². The first-order valence-corrected chi connectivity index (χ1v) is 14.6. The lowest BCUT2D eigenvalue weighted by Crippen LogP contribution is -2.33. The van der Waals surface area contributed by atoms with Crippen molar-refractivity contribution >= 4 is 61.7 Å². The van der Waals surface area contributed by atoms with Gasteiger partial charge in [-0.2, -0.15) is 0 Å². The normalized spacial score (nSPS) is 11.2. The number of aromatic nitrogens is 1. The summed E-state index contributed by atoms with van der Waals surface area (Å²) in [4.78, 5) is 16.8. The molecule has 0 spiro atoms. The van der Waals surface area contributed by atoms with Crippen molar-refractivity contribution in [3.8, 4) is 26.8 Å². The molecule has 1 aromatic heterocycles. The van der Waals surface area contributed by atoms with E-state index >= 15 is 0 Å². The molecule has 0 atom stereocenters. The molecule has 0 aliphatic heterocycles. The van der Waals surface area contributed by atoms with Gasteiger partial charge in [0.1, 0.15) is 10.8 Å². The molecule has 12 heteroatoms. The number of rotatable bonds is 8. The minimum Gasteiger partial charge on any atom is -0.508 e. The average Bonchev–Trinajstić information content (AvgIpc) is 3.35. The largest absolute Gasteiger partial charge is 0.508 e. The predicted octanol–water partition coefficient (Wildman–Crippen LogP) is 5.64. The van der Waals surface area contributed by atoms with Gasteiger partial charge in [-0.25, -0.2) is 13.4 Å². The highest BCUT2D eigenvalue weighted by atomic mass is 32.2. The average molecular weight is 582 g/mol. The van der Waals surface area contributed by atoms with Crippen LogP contribution in [0.15, 0.2) is 77.8 Å². The summed E-state index contributed by atoms with van der Waals surface area (Å²) in [7, 11) is -4.08. The highest BCUT2D eigenvalue weighted by molar-refractivity contribution is 7.92. The highest BCUT2D eigenvalue weighted by Crippen LogP contribution is 2.37. The fraction of sp³-hybridized carbons (Fsp3) is 0.148. The standard InChI is InChI=1S/C27H27N5O4S3/c1-16(2)29-27(37)31-19-6-4-18(5-7-19)26-28-15-24(38-26)23-13-10-21(30-17(3)33)14-25(23)39(35,36)32-20-8-11-22(34)12-9-20/h4-16,32,34H,1-3H3,(H,30,33)(H2,29,31,37). The molecule has 0 bridgehead atoms. The Labute approximate surface area is 236 Å². The number of nitrogens with zero attached hydrogens (tertiary/aromatic N) is 1. The number of benzene rings is 3. The molecular formula is C27H27N5O4S3. The molecule has 4 aromatic rings.